The van der Waals surface area contributed by atoms with Crippen LogP contribution in [0.4, 0.5) is 5.69 Å². The number of allylic oxidation sites excluding steroid dienone is 1. The molecule has 2 rings (SSSR count). The second kappa shape index (κ2) is 6.22. The maximum atomic E-state index is 12.6. The van der Waals surface area contributed by atoms with Gasteiger partial charge in [0.25, 0.3) is 5.91 Å². The molecule has 0 radical (unpaired) electrons. The van der Waals surface area contributed by atoms with E-state index in [9.17, 15) is 13.2 Å². The molecule has 1 amide bonds. The fraction of sp³-hybridized carbons (Fsp3) is 0.438. The molecule has 0 fully saturated rings. The summed E-state index contributed by atoms with van der Waals surface area (Å²) in [6.07, 6.45) is 1.75. The van der Waals surface area contributed by atoms with Crippen LogP contribution in [0.15, 0.2) is 28.7 Å². The average Bonchev–Trinajstić information content (AvgIpc) is 2.79. The Kier molecular flexibility index (Phi) is 4.72. The van der Waals surface area contributed by atoms with Crippen LogP contribution in [0.1, 0.15) is 39.2 Å². The van der Waals surface area contributed by atoms with E-state index in [0.717, 1.165) is 18.4 Å². The first-order valence-electron chi connectivity index (χ1n) is 7.38. The van der Waals surface area contributed by atoms with E-state index in [1.165, 1.54) is 4.31 Å². The lowest BCUT2D eigenvalue weighted by Crippen LogP contribution is -2.27. The zero-order chi connectivity index (χ0) is 16.5. The third-order valence-corrected chi connectivity index (χ3v) is 5.62. The highest BCUT2D eigenvalue weighted by Gasteiger charge is 2.28. The van der Waals surface area contributed by atoms with Crippen LogP contribution >= 0.6 is 0 Å². The number of nitrogens with zero attached hydrogens (tertiary/aromatic N) is 1. The van der Waals surface area contributed by atoms with Crippen LogP contribution in [0.3, 0.4) is 0 Å². The van der Waals surface area contributed by atoms with Crippen LogP contribution in [0, 0.1) is 0 Å². The van der Waals surface area contributed by atoms with Crippen molar-refractivity contribution in [2.24, 2.45) is 0 Å². The summed E-state index contributed by atoms with van der Waals surface area (Å²) < 4.78 is 26.6. The zero-order valence-corrected chi connectivity index (χ0v) is 14.3. The molecule has 0 aliphatic carbocycles. The number of amides is 1. The van der Waals surface area contributed by atoms with Gasteiger partial charge in [-0.05, 0) is 38.5 Å². The molecule has 0 saturated carbocycles. The Bertz CT molecular complexity index is 732. The minimum absolute atomic E-state index is 0.177. The third-order valence-electron chi connectivity index (χ3n) is 3.77. The topological polar surface area (TPSA) is 66.5 Å². The Balaban J connectivity index is 2.45. The monoisotopic (exact) mass is 322 g/mol. The van der Waals surface area contributed by atoms with Crippen molar-refractivity contribution in [2.45, 2.75) is 38.5 Å². The molecule has 0 bridgehead atoms. The van der Waals surface area contributed by atoms with Gasteiger partial charge in [0, 0.05) is 30.4 Å². The van der Waals surface area contributed by atoms with Crippen LogP contribution in [0.5, 0.6) is 0 Å². The van der Waals surface area contributed by atoms with Gasteiger partial charge in [0.2, 0.25) is 10.0 Å². The first kappa shape index (κ1) is 16.7. The summed E-state index contributed by atoms with van der Waals surface area (Å²) >= 11 is 0. The predicted octanol–water partition coefficient (Wildman–Crippen LogP) is 2.85. The summed E-state index contributed by atoms with van der Waals surface area (Å²) in [7, 11) is -1.94. The lowest BCUT2D eigenvalue weighted by molar-refractivity contribution is -0.110. The molecular weight excluding hydrogens is 300 g/mol. The number of carbonyl (C=O) groups is 1. The highest BCUT2D eigenvalue weighted by molar-refractivity contribution is 7.89. The first-order valence-corrected chi connectivity index (χ1v) is 8.82. The van der Waals surface area contributed by atoms with Gasteiger partial charge in [-0.3, -0.25) is 4.79 Å². The molecule has 22 heavy (non-hydrogen) atoms. The molecule has 1 aromatic rings. The Morgan fingerprint density at radius 2 is 1.95 bits per heavy atom. The summed E-state index contributed by atoms with van der Waals surface area (Å²) in [5.41, 5.74) is 2.75. The molecule has 1 aromatic carbocycles. The van der Waals surface area contributed by atoms with Crippen molar-refractivity contribution in [1.82, 2.24) is 4.31 Å². The normalized spacial score (nSPS) is 14.2. The van der Waals surface area contributed by atoms with Crippen molar-refractivity contribution in [3.8, 4) is 0 Å². The number of nitrogens with one attached hydrogen (secondary N) is 1. The SMILES string of the molecule is CCCCN(C)S(=O)(=O)c1ccc2c(c1)C(=C(C)C)C(=O)N2. The molecule has 0 spiro atoms. The largest absolute Gasteiger partial charge is 0.321 e. The third kappa shape index (κ3) is 2.94. The number of fused-ring (bicyclic) bond motifs is 1. The van der Waals surface area contributed by atoms with Crippen molar-refractivity contribution < 1.29 is 13.2 Å². The van der Waals surface area contributed by atoms with E-state index in [1.807, 2.05) is 20.8 Å². The Labute approximate surface area is 132 Å². The molecule has 6 heteroatoms. The number of sulfonamides is 1. The second-order valence-corrected chi connectivity index (χ2v) is 7.76. The van der Waals surface area contributed by atoms with E-state index in [4.69, 9.17) is 0 Å². The van der Waals surface area contributed by atoms with Gasteiger partial charge in [0.05, 0.1) is 4.90 Å². The number of unbranched alkanes of at least 4 members (excludes halogenated alkanes) is 1. The van der Waals surface area contributed by atoms with E-state index in [1.54, 1.807) is 25.2 Å². The van der Waals surface area contributed by atoms with Gasteiger partial charge in [0.15, 0.2) is 0 Å². The average molecular weight is 322 g/mol. The van der Waals surface area contributed by atoms with Crippen LogP contribution in [0.25, 0.3) is 5.57 Å². The summed E-state index contributed by atoms with van der Waals surface area (Å²) in [4.78, 5) is 12.2. The van der Waals surface area contributed by atoms with Gasteiger partial charge in [-0.25, -0.2) is 12.7 Å². The van der Waals surface area contributed by atoms with E-state index in [-0.39, 0.29) is 10.8 Å². The summed E-state index contributed by atoms with van der Waals surface area (Å²) in [6.45, 7) is 6.20. The molecule has 1 heterocycles. The molecular formula is C16H22N2O3S. The van der Waals surface area contributed by atoms with Gasteiger partial charge in [-0.15, -0.1) is 0 Å². The molecule has 5 nitrogen and oxygen atoms in total. The number of hydrogen-bond acceptors (Lipinski definition) is 3. The minimum Gasteiger partial charge on any atom is -0.321 e. The van der Waals surface area contributed by atoms with Gasteiger partial charge in [0.1, 0.15) is 0 Å². The number of carbonyl (C=O) groups excluding carboxylic acids is 1. The lowest BCUT2D eigenvalue weighted by atomic mass is 10.0. The predicted molar refractivity (Wildman–Crippen MR) is 88.1 cm³/mol. The van der Waals surface area contributed by atoms with Crippen molar-refractivity contribution in [3.05, 3.63) is 29.3 Å². The number of hydrogen-bond donors (Lipinski definition) is 1. The van der Waals surface area contributed by atoms with Crippen molar-refractivity contribution in [2.75, 3.05) is 18.9 Å². The Morgan fingerprint density at radius 3 is 2.55 bits per heavy atom. The fourth-order valence-corrected chi connectivity index (χ4v) is 3.72. The summed E-state index contributed by atoms with van der Waals surface area (Å²) in [5.74, 6) is -0.177. The van der Waals surface area contributed by atoms with Crippen molar-refractivity contribution in [1.29, 1.82) is 0 Å². The number of anilines is 1. The molecule has 120 valence electrons. The Morgan fingerprint density at radius 1 is 1.27 bits per heavy atom. The van der Waals surface area contributed by atoms with E-state index in [0.29, 0.717) is 23.4 Å². The van der Waals surface area contributed by atoms with E-state index in [2.05, 4.69) is 5.32 Å². The van der Waals surface area contributed by atoms with Crippen LogP contribution < -0.4 is 5.32 Å². The molecule has 1 N–H and O–H groups in total. The highest BCUT2D eigenvalue weighted by Crippen LogP contribution is 2.35. The summed E-state index contributed by atoms with van der Waals surface area (Å²) in [5, 5.41) is 2.77. The number of benzene rings is 1. The van der Waals surface area contributed by atoms with Gasteiger partial charge >= 0.3 is 0 Å². The minimum atomic E-state index is -3.53. The molecule has 0 atom stereocenters. The second-order valence-electron chi connectivity index (χ2n) is 5.72. The highest BCUT2D eigenvalue weighted by atomic mass is 32.2. The van der Waals surface area contributed by atoms with Crippen molar-refractivity contribution in [3.63, 3.8) is 0 Å². The Hall–Kier alpha value is -1.66. The maximum Gasteiger partial charge on any atom is 0.256 e. The molecule has 0 unspecified atom stereocenters. The zero-order valence-electron chi connectivity index (χ0n) is 13.4. The lowest BCUT2D eigenvalue weighted by Gasteiger charge is -2.17. The molecule has 1 aliphatic rings. The van der Waals surface area contributed by atoms with E-state index >= 15 is 0 Å². The maximum absolute atomic E-state index is 12.6. The van der Waals surface area contributed by atoms with Gasteiger partial charge in [-0.2, -0.15) is 0 Å². The summed E-state index contributed by atoms with van der Waals surface area (Å²) in [6, 6.07) is 4.79. The standard InChI is InChI=1S/C16H22N2O3S/c1-5-6-9-18(4)22(20,21)12-7-8-14-13(10-12)15(11(2)3)16(19)17-14/h7-8,10H,5-6,9H2,1-4H3,(H,17,19). The fourth-order valence-electron chi connectivity index (χ4n) is 2.48. The van der Waals surface area contributed by atoms with Crippen LogP contribution in [-0.2, 0) is 14.8 Å². The van der Waals surface area contributed by atoms with Gasteiger partial charge < -0.3 is 5.32 Å². The van der Waals surface area contributed by atoms with Gasteiger partial charge in [-0.1, -0.05) is 18.9 Å². The van der Waals surface area contributed by atoms with E-state index < -0.39 is 10.0 Å². The van der Waals surface area contributed by atoms with Crippen LogP contribution in [-0.4, -0.2) is 32.2 Å². The van der Waals surface area contributed by atoms with Crippen molar-refractivity contribution >= 4 is 27.2 Å². The quantitative estimate of drug-likeness (QED) is 0.848. The molecule has 0 saturated heterocycles. The smallest absolute Gasteiger partial charge is 0.256 e. The van der Waals surface area contributed by atoms with Crippen LogP contribution in [0.2, 0.25) is 0 Å². The number of rotatable bonds is 5. The molecule has 0 aromatic heterocycles. The molecule has 1 aliphatic heterocycles. The first-order chi connectivity index (χ1) is 10.3.